The number of halogens is 3. The fourth-order valence-electron chi connectivity index (χ4n) is 2.85. The van der Waals surface area contributed by atoms with Gasteiger partial charge in [-0.1, -0.05) is 12.1 Å². The molecule has 26 heavy (non-hydrogen) atoms. The Hall–Kier alpha value is -2.68. The Bertz CT molecular complexity index is 805. The average Bonchev–Trinajstić information content (AvgIpc) is 3.15. The van der Waals surface area contributed by atoms with Crippen molar-refractivity contribution in [2.75, 3.05) is 18.0 Å². The second-order valence-electron chi connectivity index (χ2n) is 6.03. The lowest BCUT2D eigenvalue weighted by Gasteiger charge is -2.18. The second kappa shape index (κ2) is 7.28. The maximum Gasteiger partial charge on any atom is 0.416 e. The van der Waals surface area contributed by atoms with Gasteiger partial charge < -0.3 is 4.90 Å². The topological polar surface area (TPSA) is 78.4 Å². The van der Waals surface area contributed by atoms with Gasteiger partial charge in [0.2, 0.25) is 5.91 Å². The first-order valence-electron chi connectivity index (χ1n) is 8.10. The fraction of sp³-hybridized carbons (Fsp3) is 0.353. The molecule has 1 saturated heterocycles. The Morgan fingerprint density at radius 2 is 1.92 bits per heavy atom. The predicted octanol–water partition coefficient (Wildman–Crippen LogP) is 2.81. The number of hydroxylamine groups is 1. The van der Waals surface area contributed by atoms with Gasteiger partial charge in [-0.3, -0.25) is 10.0 Å². The van der Waals surface area contributed by atoms with E-state index in [4.69, 9.17) is 5.21 Å². The standard InChI is InChI=1S/C17H17F3N4O2/c18-17(19,20)12-5-3-4-11(8-12)16-21-13(10-15(25)23-26)9-14(22-16)24-6-1-2-7-24/h3-5,8-9,26H,1-2,6-7,10H2,(H,23,25). The zero-order valence-electron chi connectivity index (χ0n) is 13.8. The third kappa shape index (κ3) is 4.10. The van der Waals surface area contributed by atoms with Crippen molar-refractivity contribution in [3.8, 4) is 11.4 Å². The van der Waals surface area contributed by atoms with Crippen LogP contribution in [0.5, 0.6) is 0 Å². The van der Waals surface area contributed by atoms with Crippen LogP contribution in [0.3, 0.4) is 0 Å². The lowest BCUT2D eigenvalue weighted by molar-refractivity contribution is -0.137. The van der Waals surface area contributed by atoms with E-state index in [1.54, 1.807) is 6.07 Å². The summed E-state index contributed by atoms with van der Waals surface area (Å²) in [6.45, 7) is 1.56. The summed E-state index contributed by atoms with van der Waals surface area (Å²) >= 11 is 0. The number of nitrogens with one attached hydrogen (secondary N) is 1. The molecule has 1 aromatic heterocycles. The van der Waals surface area contributed by atoms with Crippen LogP contribution in [0.2, 0.25) is 0 Å². The summed E-state index contributed by atoms with van der Waals surface area (Å²) in [5.41, 5.74) is 1.27. The lowest BCUT2D eigenvalue weighted by Crippen LogP contribution is -2.23. The average molecular weight is 366 g/mol. The van der Waals surface area contributed by atoms with Gasteiger partial charge >= 0.3 is 6.18 Å². The fourth-order valence-corrected chi connectivity index (χ4v) is 2.85. The van der Waals surface area contributed by atoms with Crippen LogP contribution in [0.15, 0.2) is 30.3 Å². The number of benzene rings is 1. The molecule has 0 saturated carbocycles. The molecule has 1 fully saturated rings. The maximum absolute atomic E-state index is 13.0. The van der Waals surface area contributed by atoms with Gasteiger partial charge in [0, 0.05) is 24.7 Å². The minimum atomic E-state index is -4.47. The highest BCUT2D eigenvalue weighted by molar-refractivity contribution is 5.77. The zero-order chi connectivity index (χ0) is 18.7. The number of amides is 1. The molecule has 1 aromatic carbocycles. The molecule has 9 heteroatoms. The van der Waals surface area contributed by atoms with Crippen LogP contribution in [0, 0.1) is 0 Å². The van der Waals surface area contributed by atoms with E-state index in [0.29, 0.717) is 11.5 Å². The second-order valence-corrected chi connectivity index (χ2v) is 6.03. The first-order valence-corrected chi connectivity index (χ1v) is 8.10. The molecule has 0 bridgehead atoms. The Morgan fingerprint density at radius 1 is 1.19 bits per heavy atom. The van der Waals surface area contributed by atoms with E-state index in [1.165, 1.54) is 17.6 Å². The minimum absolute atomic E-state index is 0.112. The Kier molecular flexibility index (Phi) is 5.08. The molecule has 2 heterocycles. The normalized spacial score (nSPS) is 14.5. The van der Waals surface area contributed by atoms with Crippen LogP contribution in [0.4, 0.5) is 19.0 Å². The number of aromatic nitrogens is 2. The molecule has 0 spiro atoms. The number of hydrogen-bond acceptors (Lipinski definition) is 5. The molecular formula is C17H17F3N4O2. The van der Waals surface area contributed by atoms with Gasteiger partial charge in [-0.25, -0.2) is 15.4 Å². The molecule has 0 aliphatic carbocycles. The largest absolute Gasteiger partial charge is 0.416 e. The van der Waals surface area contributed by atoms with Crippen molar-refractivity contribution >= 4 is 11.7 Å². The molecule has 0 unspecified atom stereocenters. The molecule has 2 N–H and O–H groups in total. The van der Waals surface area contributed by atoms with Gasteiger partial charge in [-0.05, 0) is 25.0 Å². The van der Waals surface area contributed by atoms with Gasteiger partial charge in [0.1, 0.15) is 5.82 Å². The molecule has 1 aliphatic rings. The van der Waals surface area contributed by atoms with E-state index in [-0.39, 0.29) is 17.8 Å². The quantitative estimate of drug-likeness (QED) is 0.643. The first kappa shape index (κ1) is 18.1. The SMILES string of the molecule is O=C(Cc1cc(N2CCCC2)nc(-c2cccc(C(F)(F)F)c2)n1)NO. The minimum Gasteiger partial charge on any atom is -0.356 e. The summed E-state index contributed by atoms with van der Waals surface area (Å²) in [4.78, 5) is 22.1. The van der Waals surface area contributed by atoms with Gasteiger partial charge in [0.15, 0.2) is 5.82 Å². The van der Waals surface area contributed by atoms with Gasteiger partial charge in [0.25, 0.3) is 0 Å². The van der Waals surface area contributed by atoms with E-state index in [1.807, 2.05) is 4.90 Å². The Labute approximate surface area is 147 Å². The van der Waals surface area contributed by atoms with Gasteiger partial charge in [-0.15, -0.1) is 0 Å². The number of hydrogen-bond donors (Lipinski definition) is 2. The zero-order valence-corrected chi connectivity index (χ0v) is 13.8. The summed E-state index contributed by atoms with van der Waals surface area (Å²) < 4.78 is 38.9. The van der Waals surface area contributed by atoms with E-state index in [0.717, 1.165) is 38.1 Å². The van der Waals surface area contributed by atoms with Crippen molar-refractivity contribution in [2.45, 2.75) is 25.4 Å². The van der Waals surface area contributed by atoms with Crippen molar-refractivity contribution in [3.63, 3.8) is 0 Å². The van der Waals surface area contributed by atoms with Crippen LogP contribution in [0.25, 0.3) is 11.4 Å². The van der Waals surface area contributed by atoms with Crippen LogP contribution >= 0.6 is 0 Å². The highest BCUT2D eigenvalue weighted by Gasteiger charge is 2.30. The highest BCUT2D eigenvalue weighted by Crippen LogP contribution is 2.32. The maximum atomic E-state index is 13.0. The monoisotopic (exact) mass is 366 g/mol. The summed E-state index contributed by atoms with van der Waals surface area (Å²) in [5, 5.41) is 8.71. The van der Waals surface area contributed by atoms with Crippen molar-refractivity contribution < 1.29 is 23.2 Å². The lowest BCUT2D eigenvalue weighted by atomic mass is 10.1. The van der Waals surface area contributed by atoms with E-state index in [9.17, 15) is 18.0 Å². The predicted molar refractivity (Wildman–Crippen MR) is 87.6 cm³/mol. The first-order chi connectivity index (χ1) is 12.4. The Balaban J connectivity index is 2.03. The highest BCUT2D eigenvalue weighted by atomic mass is 19.4. The molecule has 0 atom stereocenters. The third-order valence-corrected chi connectivity index (χ3v) is 4.11. The molecule has 0 radical (unpaired) electrons. The molecule has 6 nitrogen and oxygen atoms in total. The smallest absolute Gasteiger partial charge is 0.356 e. The number of alkyl halides is 3. The number of carbonyl (C=O) groups is 1. The van der Waals surface area contributed by atoms with Crippen molar-refractivity contribution in [3.05, 3.63) is 41.6 Å². The summed E-state index contributed by atoms with van der Waals surface area (Å²) in [5.74, 6) is 0.0120. The summed E-state index contributed by atoms with van der Waals surface area (Å²) in [7, 11) is 0. The number of carbonyl (C=O) groups excluding carboxylic acids is 1. The molecule has 1 aliphatic heterocycles. The number of rotatable bonds is 4. The molecule has 2 aromatic rings. The number of nitrogens with zero attached hydrogens (tertiary/aromatic N) is 3. The molecule has 3 rings (SSSR count). The Morgan fingerprint density at radius 3 is 2.58 bits per heavy atom. The van der Waals surface area contributed by atoms with Crippen LogP contribution in [-0.4, -0.2) is 34.2 Å². The summed E-state index contributed by atoms with van der Waals surface area (Å²) in [6, 6.07) is 6.38. The molecular weight excluding hydrogens is 349 g/mol. The summed E-state index contributed by atoms with van der Waals surface area (Å²) in [6.07, 6.45) is -2.68. The molecule has 138 valence electrons. The third-order valence-electron chi connectivity index (χ3n) is 4.11. The number of anilines is 1. The van der Waals surface area contributed by atoms with Crippen LogP contribution in [-0.2, 0) is 17.4 Å². The van der Waals surface area contributed by atoms with Crippen LogP contribution < -0.4 is 10.4 Å². The van der Waals surface area contributed by atoms with Crippen molar-refractivity contribution in [2.24, 2.45) is 0 Å². The van der Waals surface area contributed by atoms with Crippen molar-refractivity contribution in [1.29, 1.82) is 0 Å². The van der Waals surface area contributed by atoms with Gasteiger partial charge in [0.05, 0.1) is 17.7 Å². The van der Waals surface area contributed by atoms with E-state index >= 15 is 0 Å². The molecule has 1 amide bonds. The van der Waals surface area contributed by atoms with Crippen LogP contribution in [0.1, 0.15) is 24.1 Å². The van der Waals surface area contributed by atoms with Gasteiger partial charge in [-0.2, -0.15) is 13.2 Å². The van der Waals surface area contributed by atoms with E-state index in [2.05, 4.69) is 9.97 Å². The van der Waals surface area contributed by atoms with Crippen molar-refractivity contribution in [1.82, 2.24) is 15.4 Å². The van der Waals surface area contributed by atoms with E-state index < -0.39 is 17.6 Å².